The molecule has 0 spiro atoms. The van der Waals surface area contributed by atoms with Crippen LogP contribution in [0.2, 0.25) is 0 Å². The Morgan fingerprint density at radius 3 is 2.56 bits per heavy atom. The number of amides is 1. The Labute approximate surface area is 148 Å². The summed E-state index contributed by atoms with van der Waals surface area (Å²) in [5.41, 5.74) is 0.445. The number of rotatable bonds is 5. The zero-order valence-electron chi connectivity index (χ0n) is 13.2. The lowest BCUT2D eigenvalue weighted by molar-refractivity contribution is -0.188. The molecule has 0 radical (unpaired) electrons. The van der Waals surface area contributed by atoms with Crippen molar-refractivity contribution in [3.8, 4) is 5.75 Å². The van der Waals surface area contributed by atoms with Gasteiger partial charge in [-0.25, -0.2) is 0 Å². The Hall–Kier alpha value is -2.00. The van der Waals surface area contributed by atoms with Gasteiger partial charge in [-0.3, -0.25) is 14.5 Å². The van der Waals surface area contributed by atoms with Gasteiger partial charge in [0.1, 0.15) is 5.75 Å². The molecule has 1 saturated heterocycles. The number of carboxylic acid groups (broad SMARTS) is 1. The van der Waals surface area contributed by atoms with Gasteiger partial charge in [-0.2, -0.15) is 13.2 Å². The normalized spacial score (nSPS) is 20.6. The summed E-state index contributed by atoms with van der Waals surface area (Å²) in [5, 5.41) is 11.5. The summed E-state index contributed by atoms with van der Waals surface area (Å²) in [5.74, 6) is -5.03. The minimum absolute atomic E-state index is 0. The van der Waals surface area contributed by atoms with E-state index in [0.717, 1.165) is 0 Å². The van der Waals surface area contributed by atoms with Gasteiger partial charge in [0.05, 0.1) is 25.5 Å². The Kier molecular flexibility index (Phi) is 7.06. The summed E-state index contributed by atoms with van der Waals surface area (Å²) in [4.78, 5) is 24.2. The lowest BCUT2D eigenvalue weighted by Crippen LogP contribution is -2.34. The SMILES string of the molecule is COc1cccc(NC(=O)CN2C[C@@H](C(F)(F)F)[C@H](C(=O)O)C2)c1.Cl. The number of nitrogens with one attached hydrogen (secondary N) is 1. The maximum atomic E-state index is 12.9. The number of methoxy groups -OCH3 is 1. The minimum atomic E-state index is -4.61. The largest absolute Gasteiger partial charge is 0.497 e. The summed E-state index contributed by atoms with van der Waals surface area (Å²) in [7, 11) is 1.47. The van der Waals surface area contributed by atoms with Gasteiger partial charge in [-0.05, 0) is 12.1 Å². The third kappa shape index (κ3) is 5.50. The van der Waals surface area contributed by atoms with Crippen molar-refractivity contribution in [1.82, 2.24) is 4.90 Å². The predicted molar refractivity (Wildman–Crippen MR) is 86.0 cm³/mol. The highest BCUT2D eigenvalue weighted by Crippen LogP contribution is 2.37. The smallest absolute Gasteiger partial charge is 0.393 e. The highest BCUT2D eigenvalue weighted by Gasteiger charge is 2.52. The average molecular weight is 383 g/mol. The number of aliphatic carboxylic acids is 1. The van der Waals surface area contributed by atoms with Gasteiger partial charge in [0.25, 0.3) is 0 Å². The van der Waals surface area contributed by atoms with Crippen LogP contribution >= 0.6 is 12.4 Å². The number of halogens is 4. The van der Waals surface area contributed by atoms with Crippen LogP contribution in [0, 0.1) is 11.8 Å². The van der Waals surface area contributed by atoms with Gasteiger partial charge in [-0.15, -0.1) is 12.4 Å². The fourth-order valence-corrected chi connectivity index (χ4v) is 2.70. The molecule has 25 heavy (non-hydrogen) atoms. The molecule has 0 unspecified atom stereocenters. The molecule has 0 aromatic heterocycles. The summed E-state index contributed by atoms with van der Waals surface area (Å²) in [6.45, 7) is -1.13. The predicted octanol–water partition coefficient (Wildman–Crippen LogP) is 2.25. The third-order valence-electron chi connectivity index (χ3n) is 3.85. The topological polar surface area (TPSA) is 78.9 Å². The fourth-order valence-electron chi connectivity index (χ4n) is 2.70. The number of anilines is 1. The molecule has 1 aliphatic rings. The Morgan fingerprint density at radius 2 is 2.04 bits per heavy atom. The van der Waals surface area contributed by atoms with Gasteiger partial charge < -0.3 is 15.2 Å². The van der Waals surface area contributed by atoms with E-state index >= 15 is 0 Å². The number of carboxylic acids is 1. The van der Waals surface area contributed by atoms with Crippen LogP contribution in [-0.4, -0.2) is 54.8 Å². The van der Waals surface area contributed by atoms with E-state index in [9.17, 15) is 22.8 Å². The standard InChI is InChI=1S/C15H17F3N2O4.ClH/c1-24-10-4-2-3-9(5-10)19-13(21)8-20-6-11(14(22)23)12(7-20)15(16,17)18;/h2-5,11-12H,6-8H2,1H3,(H,19,21)(H,22,23);1H/t11-,12-;/m1./s1. The van der Waals surface area contributed by atoms with E-state index < -0.39 is 36.4 Å². The molecule has 1 heterocycles. The van der Waals surface area contributed by atoms with E-state index in [4.69, 9.17) is 9.84 Å². The number of hydrogen-bond donors (Lipinski definition) is 2. The van der Waals surface area contributed by atoms with Crippen molar-refractivity contribution in [3.63, 3.8) is 0 Å². The molecule has 140 valence electrons. The van der Waals surface area contributed by atoms with E-state index in [2.05, 4.69) is 5.32 Å². The van der Waals surface area contributed by atoms with E-state index in [-0.39, 0.29) is 25.5 Å². The number of hydrogen-bond acceptors (Lipinski definition) is 4. The lowest BCUT2D eigenvalue weighted by atomic mass is 9.96. The molecule has 1 amide bonds. The van der Waals surface area contributed by atoms with Gasteiger partial charge in [0.2, 0.25) is 5.91 Å². The second kappa shape index (κ2) is 8.39. The van der Waals surface area contributed by atoms with Crippen molar-refractivity contribution < 1.29 is 32.6 Å². The fraction of sp³-hybridized carbons (Fsp3) is 0.467. The lowest BCUT2D eigenvalue weighted by Gasteiger charge is -2.18. The van der Waals surface area contributed by atoms with Crippen LogP contribution in [0.4, 0.5) is 18.9 Å². The molecule has 1 fully saturated rings. The molecule has 6 nitrogen and oxygen atoms in total. The van der Waals surface area contributed by atoms with Crippen molar-refractivity contribution in [2.24, 2.45) is 11.8 Å². The number of ether oxygens (including phenoxy) is 1. The maximum Gasteiger partial charge on any atom is 0.393 e. The molecule has 1 aliphatic heterocycles. The number of alkyl halides is 3. The second-order valence-corrected chi connectivity index (χ2v) is 5.57. The first-order valence-corrected chi connectivity index (χ1v) is 7.16. The summed E-state index contributed by atoms with van der Waals surface area (Å²) in [6, 6.07) is 6.52. The third-order valence-corrected chi connectivity index (χ3v) is 3.85. The highest BCUT2D eigenvalue weighted by atomic mass is 35.5. The van der Waals surface area contributed by atoms with Crippen molar-refractivity contribution in [2.45, 2.75) is 6.18 Å². The minimum Gasteiger partial charge on any atom is -0.497 e. The van der Waals surface area contributed by atoms with Crippen molar-refractivity contribution in [3.05, 3.63) is 24.3 Å². The van der Waals surface area contributed by atoms with Crippen LogP contribution in [0.15, 0.2) is 24.3 Å². The first kappa shape index (κ1) is 21.0. The molecule has 0 aliphatic carbocycles. The molecule has 2 N–H and O–H groups in total. The molecule has 2 rings (SSSR count). The summed E-state index contributed by atoms with van der Waals surface area (Å²) < 4.78 is 43.7. The molecule has 2 atom stereocenters. The van der Waals surface area contributed by atoms with Crippen LogP contribution in [0.1, 0.15) is 0 Å². The first-order valence-electron chi connectivity index (χ1n) is 7.16. The van der Waals surface area contributed by atoms with Crippen LogP contribution in [-0.2, 0) is 9.59 Å². The van der Waals surface area contributed by atoms with Crippen molar-refractivity contribution >= 4 is 30.0 Å². The summed E-state index contributed by atoms with van der Waals surface area (Å²) in [6.07, 6.45) is -4.61. The van der Waals surface area contributed by atoms with Gasteiger partial charge >= 0.3 is 12.1 Å². The zero-order valence-corrected chi connectivity index (χ0v) is 14.1. The van der Waals surface area contributed by atoms with Gasteiger partial charge in [0, 0.05) is 24.8 Å². The van der Waals surface area contributed by atoms with Gasteiger partial charge in [-0.1, -0.05) is 6.07 Å². The van der Waals surface area contributed by atoms with Crippen molar-refractivity contribution in [1.29, 1.82) is 0 Å². The number of carbonyl (C=O) groups excluding carboxylic acids is 1. The van der Waals surface area contributed by atoms with Crippen molar-refractivity contribution in [2.75, 3.05) is 32.1 Å². The highest BCUT2D eigenvalue weighted by molar-refractivity contribution is 5.92. The Morgan fingerprint density at radius 1 is 1.36 bits per heavy atom. The Balaban J connectivity index is 0.00000312. The molecule has 10 heteroatoms. The average Bonchev–Trinajstić information content (AvgIpc) is 2.91. The van der Waals surface area contributed by atoms with E-state index in [1.165, 1.54) is 12.0 Å². The quantitative estimate of drug-likeness (QED) is 0.816. The molecule has 1 aromatic rings. The molecular weight excluding hydrogens is 365 g/mol. The van der Waals surface area contributed by atoms with E-state index in [1.807, 2.05) is 0 Å². The Bertz CT molecular complexity index is 627. The zero-order chi connectivity index (χ0) is 17.9. The molecular formula is C15H18ClF3N2O4. The first-order chi connectivity index (χ1) is 11.2. The van der Waals surface area contributed by atoms with Crippen LogP contribution in [0.5, 0.6) is 5.75 Å². The number of nitrogens with zero attached hydrogens (tertiary/aromatic N) is 1. The number of benzene rings is 1. The van der Waals surface area contributed by atoms with E-state index in [1.54, 1.807) is 24.3 Å². The summed E-state index contributed by atoms with van der Waals surface area (Å²) >= 11 is 0. The maximum absolute atomic E-state index is 12.9. The van der Waals surface area contributed by atoms with Crippen LogP contribution in [0.3, 0.4) is 0 Å². The van der Waals surface area contributed by atoms with E-state index in [0.29, 0.717) is 11.4 Å². The van der Waals surface area contributed by atoms with Crippen LogP contribution < -0.4 is 10.1 Å². The monoisotopic (exact) mass is 382 g/mol. The number of carbonyl (C=O) groups is 2. The molecule has 0 bridgehead atoms. The molecule has 1 aromatic carbocycles. The van der Waals surface area contributed by atoms with Gasteiger partial charge in [0.15, 0.2) is 0 Å². The number of likely N-dealkylation sites (tertiary alicyclic amines) is 1. The van der Waals surface area contributed by atoms with Crippen LogP contribution in [0.25, 0.3) is 0 Å². The second-order valence-electron chi connectivity index (χ2n) is 5.57. The molecule has 0 saturated carbocycles.